The zero-order valence-corrected chi connectivity index (χ0v) is 20.0. The number of carbonyl (C=O) groups is 2. The molecule has 0 unspecified atom stereocenters. The first-order valence-electron chi connectivity index (χ1n) is 9.80. The van der Waals surface area contributed by atoms with Crippen molar-refractivity contribution in [2.75, 3.05) is 19.0 Å². The predicted octanol–water partition coefficient (Wildman–Crippen LogP) is 5.39. The largest absolute Gasteiger partial charge is 0.492 e. The highest BCUT2D eigenvalue weighted by atomic mass is 35.5. The second-order valence-electron chi connectivity index (χ2n) is 6.94. The monoisotopic (exact) mass is 500 g/mol. The van der Waals surface area contributed by atoms with Crippen molar-refractivity contribution in [3.8, 4) is 5.75 Å². The standard InChI is InChI=1S/C21H22Cl2N2O4S2/c1-28-20(27)18-13-5-2-3-6-16(13)31-19(18)25-21(30)24-17(26)7-4-10-29-15-9-8-12(22)11-14(15)23/h8-9,11H,2-7,10H2,1H3,(H2,24,25,26,30). The number of carbonyl (C=O) groups excluding carboxylic acids is 2. The number of fused-ring (bicyclic) bond motifs is 1. The molecule has 0 saturated heterocycles. The van der Waals surface area contributed by atoms with Crippen molar-refractivity contribution in [2.45, 2.75) is 38.5 Å². The molecule has 1 aliphatic rings. The minimum absolute atomic E-state index is 0.149. The molecular formula is C21H22Cl2N2O4S2. The number of nitrogens with one attached hydrogen (secondary N) is 2. The predicted molar refractivity (Wildman–Crippen MR) is 128 cm³/mol. The lowest BCUT2D eigenvalue weighted by Crippen LogP contribution is -2.34. The molecule has 1 aromatic heterocycles. The first kappa shape index (κ1) is 23.8. The number of anilines is 1. The molecular weight excluding hydrogens is 479 g/mol. The molecule has 0 atom stereocenters. The number of hydrogen-bond donors (Lipinski definition) is 2. The number of esters is 1. The van der Waals surface area contributed by atoms with Crippen LogP contribution in [0.1, 0.15) is 46.5 Å². The molecule has 0 fully saturated rings. The molecule has 2 aromatic rings. The number of amides is 1. The second-order valence-corrected chi connectivity index (χ2v) is 9.29. The van der Waals surface area contributed by atoms with Gasteiger partial charge in [0.15, 0.2) is 5.11 Å². The summed E-state index contributed by atoms with van der Waals surface area (Å²) in [4.78, 5) is 25.7. The molecule has 1 aromatic carbocycles. The van der Waals surface area contributed by atoms with Crippen LogP contribution in [0.25, 0.3) is 0 Å². The minimum atomic E-state index is -0.394. The van der Waals surface area contributed by atoms with E-state index in [1.165, 1.54) is 23.3 Å². The van der Waals surface area contributed by atoms with Crippen molar-refractivity contribution in [1.29, 1.82) is 0 Å². The van der Waals surface area contributed by atoms with Crippen LogP contribution >= 0.6 is 46.8 Å². The number of thiocarbonyl (C=S) groups is 1. The summed E-state index contributed by atoms with van der Waals surface area (Å²) in [5.41, 5.74) is 1.55. The van der Waals surface area contributed by atoms with E-state index in [2.05, 4.69) is 10.6 Å². The average Bonchev–Trinajstić information content (AvgIpc) is 3.09. The highest BCUT2D eigenvalue weighted by molar-refractivity contribution is 7.80. The fourth-order valence-corrected chi connectivity index (χ4v) is 5.33. The molecule has 0 spiro atoms. The number of ether oxygens (including phenoxy) is 2. The number of methoxy groups -OCH3 is 1. The summed E-state index contributed by atoms with van der Waals surface area (Å²) >= 11 is 18.7. The fraction of sp³-hybridized carbons (Fsp3) is 0.381. The Balaban J connectivity index is 1.50. The van der Waals surface area contributed by atoms with Gasteiger partial charge in [-0.2, -0.15) is 0 Å². The zero-order valence-electron chi connectivity index (χ0n) is 16.9. The maximum absolute atomic E-state index is 12.3. The van der Waals surface area contributed by atoms with Gasteiger partial charge in [0.2, 0.25) is 5.91 Å². The number of aryl methyl sites for hydroxylation is 1. The third kappa shape index (κ3) is 6.32. The summed E-state index contributed by atoms with van der Waals surface area (Å²) in [7, 11) is 1.36. The van der Waals surface area contributed by atoms with E-state index in [1.807, 2.05) is 0 Å². The maximum atomic E-state index is 12.3. The Morgan fingerprint density at radius 2 is 2.00 bits per heavy atom. The van der Waals surface area contributed by atoms with Crippen LogP contribution < -0.4 is 15.4 Å². The lowest BCUT2D eigenvalue weighted by atomic mass is 9.95. The summed E-state index contributed by atoms with van der Waals surface area (Å²) < 4.78 is 10.5. The van der Waals surface area contributed by atoms with Crippen molar-refractivity contribution < 1.29 is 19.1 Å². The van der Waals surface area contributed by atoms with Gasteiger partial charge in [-0.05, 0) is 68.1 Å². The van der Waals surface area contributed by atoms with Crippen LogP contribution in [0.15, 0.2) is 18.2 Å². The van der Waals surface area contributed by atoms with Crippen molar-refractivity contribution in [3.63, 3.8) is 0 Å². The van der Waals surface area contributed by atoms with Gasteiger partial charge in [0.25, 0.3) is 0 Å². The third-order valence-corrected chi connectivity index (χ3v) is 6.68. The van der Waals surface area contributed by atoms with Crippen LogP contribution in [-0.2, 0) is 22.4 Å². The highest BCUT2D eigenvalue weighted by Crippen LogP contribution is 2.38. The smallest absolute Gasteiger partial charge is 0.341 e. The Hall–Kier alpha value is -1.87. The molecule has 0 radical (unpaired) electrons. The molecule has 2 N–H and O–H groups in total. The first-order valence-corrected chi connectivity index (χ1v) is 11.8. The van der Waals surface area contributed by atoms with Crippen LogP contribution in [0.3, 0.4) is 0 Å². The van der Waals surface area contributed by atoms with Crippen molar-refractivity contribution >= 4 is 68.7 Å². The van der Waals surface area contributed by atoms with Crippen molar-refractivity contribution in [3.05, 3.63) is 44.2 Å². The maximum Gasteiger partial charge on any atom is 0.341 e. The van der Waals surface area contributed by atoms with E-state index in [0.29, 0.717) is 39.4 Å². The Morgan fingerprint density at radius 3 is 2.74 bits per heavy atom. The number of thiophene rings is 1. The lowest BCUT2D eigenvalue weighted by molar-refractivity contribution is -0.119. The normalized spacial score (nSPS) is 12.6. The lowest BCUT2D eigenvalue weighted by Gasteiger charge is -2.12. The number of rotatable bonds is 7. The SMILES string of the molecule is COC(=O)c1c(NC(=S)NC(=O)CCCOc2ccc(Cl)cc2Cl)sc2c1CCCC2. The van der Waals surface area contributed by atoms with Gasteiger partial charge < -0.3 is 20.1 Å². The summed E-state index contributed by atoms with van der Waals surface area (Å²) in [6.07, 6.45) is 4.61. The molecule has 3 rings (SSSR count). The van der Waals surface area contributed by atoms with Crippen LogP contribution in [0.2, 0.25) is 10.0 Å². The van der Waals surface area contributed by atoms with Gasteiger partial charge in [0, 0.05) is 16.3 Å². The molecule has 10 heteroatoms. The molecule has 6 nitrogen and oxygen atoms in total. The molecule has 166 valence electrons. The molecule has 31 heavy (non-hydrogen) atoms. The van der Waals surface area contributed by atoms with Gasteiger partial charge in [0.1, 0.15) is 10.8 Å². The Labute approximate surface area is 200 Å². The number of halogens is 2. The van der Waals surface area contributed by atoms with Crippen molar-refractivity contribution in [1.82, 2.24) is 5.32 Å². The van der Waals surface area contributed by atoms with Gasteiger partial charge in [-0.15, -0.1) is 11.3 Å². The quantitative estimate of drug-likeness (QED) is 0.301. The first-order chi connectivity index (χ1) is 14.9. The average molecular weight is 501 g/mol. The molecule has 0 aliphatic heterocycles. The third-order valence-electron chi connectivity index (χ3n) is 4.74. The molecule has 1 heterocycles. The van der Waals surface area contributed by atoms with Gasteiger partial charge in [-0.25, -0.2) is 4.79 Å². The van der Waals surface area contributed by atoms with E-state index >= 15 is 0 Å². The van der Waals surface area contributed by atoms with Crippen LogP contribution in [0, 0.1) is 0 Å². The molecule has 1 aliphatic carbocycles. The Bertz CT molecular complexity index is 994. The van der Waals surface area contributed by atoms with E-state index in [9.17, 15) is 9.59 Å². The van der Waals surface area contributed by atoms with E-state index in [4.69, 9.17) is 44.9 Å². The molecule has 0 bridgehead atoms. The molecule has 0 saturated carbocycles. The minimum Gasteiger partial charge on any atom is -0.492 e. The fourth-order valence-electron chi connectivity index (χ4n) is 3.30. The summed E-state index contributed by atoms with van der Waals surface area (Å²) in [6, 6.07) is 4.97. The van der Waals surface area contributed by atoms with Gasteiger partial charge in [-0.1, -0.05) is 23.2 Å². The highest BCUT2D eigenvalue weighted by Gasteiger charge is 2.26. The topological polar surface area (TPSA) is 76.7 Å². The summed E-state index contributed by atoms with van der Waals surface area (Å²) in [5.74, 6) is -0.126. The van der Waals surface area contributed by atoms with Gasteiger partial charge in [0.05, 0.1) is 24.3 Å². The van der Waals surface area contributed by atoms with E-state index in [-0.39, 0.29) is 17.4 Å². The van der Waals surface area contributed by atoms with Crippen molar-refractivity contribution in [2.24, 2.45) is 0 Å². The second kappa shape index (κ2) is 11.1. The number of hydrogen-bond acceptors (Lipinski definition) is 6. The Kier molecular flexibility index (Phi) is 8.54. The summed E-state index contributed by atoms with van der Waals surface area (Å²) in [6.45, 7) is 0.319. The van der Waals surface area contributed by atoms with E-state index in [1.54, 1.807) is 18.2 Å². The van der Waals surface area contributed by atoms with E-state index < -0.39 is 5.97 Å². The molecule has 1 amide bonds. The summed E-state index contributed by atoms with van der Waals surface area (Å²) in [5, 5.41) is 7.36. The number of benzene rings is 1. The Morgan fingerprint density at radius 1 is 1.23 bits per heavy atom. The van der Waals surface area contributed by atoms with Crippen LogP contribution in [-0.4, -0.2) is 30.7 Å². The zero-order chi connectivity index (χ0) is 22.4. The van der Waals surface area contributed by atoms with Gasteiger partial charge in [-0.3, -0.25) is 4.79 Å². The van der Waals surface area contributed by atoms with Crippen LogP contribution in [0.5, 0.6) is 5.75 Å². The van der Waals surface area contributed by atoms with Crippen LogP contribution in [0.4, 0.5) is 5.00 Å². The van der Waals surface area contributed by atoms with Gasteiger partial charge >= 0.3 is 5.97 Å². The van der Waals surface area contributed by atoms with E-state index in [0.717, 1.165) is 31.2 Å².